The molecule has 0 fully saturated rings. The van der Waals surface area contributed by atoms with Gasteiger partial charge in [-0.25, -0.2) is 10.2 Å². The Labute approximate surface area is 102 Å². The van der Waals surface area contributed by atoms with Gasteiger partial charge in [-0.2, -0.15) is 5.10 Å². The molecule has 0 aliphatic rings. The van der Waals surface area contributed by atoms with E-state index in [1.54, 1.807) is 0 Å². The molecule has 1 aromatic rings. The predicted molar refractivity (Wildman–Crippen MR) is 65.6 cm³/mol. The Morgan fingerprint density at radius 3 is 3.06 bits per heavy atom. The first-order valence-corrected chi connectivity index (χ1v) is 5.43. The summed E-state index contributed by atoms with van der Waals surface area (Å²) in [7, 11) is 0. The molecule has 5 nitrogen and oxygen atoms in total. The molecule has 0 aromatic heterocycles. The Balaban J connectivity index is 2.86. The summed E-state index contributed by atoms with van der Waals surface area (Å²) in [5, 5.41) is 3.67. The lowest BCUT2D eigenvalue weighted by Gasteiger charge is -2.06. The molecule has 0 atom stereocenters. The van der Waals surface area contributed by atoms with Crippen LogP contribution in [0.4, 0.5) is 4.79 Å². The van der Waals surface area contributed by atoms with Gasteiger partial charge in [0, 0.05) is 10.0 Å². The van der Waals surface area contributed by atoms with Crippen LogP contribution in [0, 0.1) is 0 Å². The van der Waals surface area contributed by atoms with Crippen molar-refractivity contribution in [1.82, 2.24) is 5.43 Å². The molecule has 0 unspecified atom stereocenters. The van der Waals surface area contributed by atoms with Gasteiger partial charge in [0.15, 0.2) is 0 Å². The zero-order valence-electron chi connectivity index (χ0n) is 8.74. The van der Waals surface area contributed by atoms with Gasteiger partial charge in [0.25, 0.3) is 0 Å². The molecule has 6 heteroatoms. The van der Waals surface area contributed by atoms with Gasteiger partial charge in [-0.3, -0.25) is 0 Å². The number of hydrazone groups is 1. The van der Waals surface area contributed by atoms with Gasteiger partial charge in [-0.05, 0) is 25.1 Å². The Kier molecular flexibility index (Phi) is 4.78. The minimum Gasteiger partial charge on any atom is -0.493 e. The summed E-state index contributed by atoms with van der Waals surface area (Å²) in [6.07, 6.45) is 1.47. The molecule has 0 heterocycles. The highest BCUT2D eigenvalue weighted by Crippen LogP contribution is 2.21. The monoisotopic (exact) mass is 285 g/mol. The number of hydrogen-bond donors (Lipinski definition) is 2. The highest BCUT2D eigenvalue weighted by Gasteiger charge is 2.01. The van der Waals surface area contributed by atoms with Crippen molar-refractivity contribution in [1.29, 1.82) is 0 Å². The third kappa shape index (κ3) is 3.90. The van der Waals surface area contributed by atoms with Crippen LogP contribution in [0.1, 0.15) is 12.5 Å². The van der Waals surface area contributed by atoms with Crippen LogP contribution in [-0.2, 0) is 0 Å². The highest BCUT2D eigenvalue weighted by molar-refractivity contribution is 9.10. The minimum absolute atomic E-state index is 0.561. The molecule has 0 bridgehead atoms. The van der Waals surface area contributed by atoms with E-state index in [4.69, 9.17) is 10.5 Å². The Bertz CT molecular complexity index is 407. The first-order chi connectivity index (χ1) is 7.63. The number of carbonyl (C=O) groups is 1. The SMILES string of the molecule is CCOc1ccc(Br)cc1/C=N\NC(N)=O. The fourth-order valence-corrected chi connectivity index (χ4v) is 1.45. The third-order valence-electron chi connectivity index (χ3n) is 1.65. The maximum Gasteiger partial charge on any atom is 0.332 e. The lowest BCUT2D eigenvalue weighted by Crippen LogP contribution is -2.24. The second kappa shape index (κ2) is 6.12. The van der Waals surface area contributed by atoms with Crippen LogP contribution in [0.15, 0.2) is 27.8 Å². The summed E-state index contributed by atoms with van der Waals surface area (Å²) in [6, 6.07) is 4.81. The van der Waals surface area contributed by atoms with E-state index >= 15 is 0 Å². The lowest BCUT2D eigenvalue weighted by atomic mass is 10.2. The summed E-state index contributed by atoms with van der Waals surface area (Å²) in [4.78, 5) is 10.4. The molecule has 2 amide bonds. The number of rotatable bonds is 4. The number of carbonyl (C=O) groups excluding carboxylic acids is 1. The fraction of sp³-hybridized carbons (Fsp3) is 0.200. The van der Waals surface area contributed by atoms with Gasteiger partial charge in [-0.1, -0.05) is 15.9 Å². The molecule has 86 valence electrons. The van der Waals surface area contributed by atoms with E-state index in [2.05, 4.69) is 26.5 Å². The molecule has 0 radical (unpaired) electrons. The smallest absolute Gasteiger partial charge is 0.332 e. The maximum atomic E-state index is 10.4. The zero-order valence-corrected chi connectivity index (χ0v) is 10.3. The zero-order chi connectivity index (χ0) is 12.0. The van der Waals surface area contributed by atoms with E-state index in [1.165, 1.54) is 6.21 Å². The van der Waals surface area contributed by atoms with Crippen molar-refractivity contribution >= 4 is 28.2 Å². The Hall–Kier alpha value is -1.56. The van der Waals surface area contributed by atoms with Crippen molar-refractivity contribution in [2.75, 3.05) is 6.61 Å². The molecule has 0 spiro atoms. The molecule has 1 rings (SSSR count). The topological polar surface area (TPSA) is 76.7 Å². The van der Waals surface area contributed by atoms with E-state index in [9.17, 15) is 4.79 Å². The van der Waals surface area contributed by atoms with E-state index in [0.29, 0.717) is 12.4 Å². The lowest BCUT2D eigenvalue weighted by molar-refractivity contribution is 0.249. The van der Waals surface area contributed by atoms with Gasteiger partial charge in [0.1, 0.15) is 5.75 Å². The van der Waals surface area contributed by atoms with Crippen molar-refractivity contribution in [3.05, 3.63) is 28.2 Å². The summed E-state index contributed by atoms with van der Waals surface area (Å²) in [5.41, 5.74) is 7.75. The average Bonchev–Trinajstić information content (AvgIpc) is 2.21. The molecule has 1 aromatic carbocycles. The molecular weight excluding hydrogens is 274 g/mol. The first-order valence-electron chi connectivity index (χ1n) is 4.64. The van der Waals surface area contributed by atoms with Crippen LogP contribution in [-0.4, -0.2) is 18.9 Å². The number of hydrogen-bond acceptors (Lipinski definition) is 3. The van der Waals surface area contributed by atoms with E-state index in [1.807, 2.05) is 25.1 Å². The van der Waals surface area contributed by atoms with Gasteiger partial charge < -0.3 is 10.5 Å². The number of ether oxygens (including phenoxy) is 1. The second-order valence-electron chi connectivity index (χ2n) is 2.85. The number of amides is 2. The second-order valence-corrected chi connectivity index (χ2v) is 3.77. The van der Waals surface area contributed by atoms with Gasteiger partial charge in [0.2, 0.25) is 0 Å². The van der Waals surface area contributed by atoms with Crippen LogP contribution in [0.5, 0.6) is 5.75 Å². The van der Waals surface area contributed by atoms with Crippen LogP contribution in [0.25, 0.3) is 0 Å². The summed E-state index contributed by atoms with van der Waals surface area (Å²) in [5.74, 6) is 0.695. The van der Waals surface area contributed by atoms with Crippen molar-refractivity contribution in [3.8, 4) is 5.75 Å². The van der Waals surface area contributed by atoms with E-state index in [0.717, 1.165) is 10.0 Å². The first kappa shape index (κ1) is 12.5. The summed E-state index contributed by atoms with van der Waals surface area (Å²) < 4.78 is 6.29. The van der Waals surface area contributed by atoms with Gasteiger partial charge in [-0.15, -0.1) is 0 Å². The summed E-state index contributed by atoms with van der Waals surface area (Å²) >= 11 is 3.34. The fourth-order valence-electron chi connectivity index (χ4n) is 1.07. The van der Waals surface area contributed by atoms with Gasteiger partial charge in [0.05, 0.1) is 12.8 Å². The van der Waals surface area contributed by atoms with Crippen molar-refractivity contribution < 1.29 is 9.53 Å². The van der Waals surface area contributed by atoms with Crippen molar-refractivity contribution in [3.63, 3.8) is 0 Å². The Morgan fingerprint density at radius 2 is 2.44 bits per heavy atom. The van der Waals surface area contributed by atoms with Crippen LogP contribution >= 0.6 is 15.9 Å². The van der Waals surface area contributed by atoms with Gasteiger partial charge >= 0.3 is 6.03 Å². The molecule has 3 N–H and O–H groups in total. The quantitative estimate of drug-likeness (QED) is 0.654. The van der Waals surface area contributed by atoms with Crippen LogP contribution in [0.2, 0.25) is 0 Å². The molecule has 0 aliphatic carbocycles. The minimum atomic E-state index is -0.704. The molecule has 0 aliphatic heterocycles. The molecule has 16 heavy (non-hydrogen) atoms. The predicted octanol–water partition coefficient (Wildman–Crippen LogP) is 1.85. The van der Waals surface area contributed by atoms with Crippen LogP contribution in [0.3, 0.4) is 0 Å². The normalized spacial score (nSPS) is 10.4. The number of primary amides is 1. The number of nitrogens with one attached hydrogen (secondary N) is 1. The number of urea groups is 1. The number of benzene rings is 1. The van der Waals surface area contributed by atoms with E-state index < -0.39 is 6.03 Å². The van der Waals surface area contributed by atoms with Crippen LogP contribution < -0.4 is 15.9 Å². The van der Waals surface area contributed by atoms with Crippen molar-refractivity contribution in [2.45, 2.75) is 6.92 Å². The van der Waals surface area contributed by atoms with E-state index in [-0.39, 0.29) is 0 Å². The Morgan fingerprint density at radius 1 is 1.69 bits per heavy atom. The average molecular weight is 286 g/mol. The molecule has 0 saturated carbocycles. The summed E-state index contributed by atoms with van der Waals surface area (Å²) in [6.45, 7) is 2.45. The highest BCUT2D eigenvalue weighted by atomic mass is 79.9. The number of nitrogens with two attached hydrogens (primary N) is 1. The third-order valence-corrected chi connectivity index (χ3v) is 2.14. The largest absolute Gasteiger partial charge is 0.493 e. The maximum absolute atomic E-state index is 10.4. The molecular formula is C10H12BrN3O2. The standard InChI is InChI=1S/C10H12BrN3O2/c1-2-16-9-4-3-8(11)5-7(9)6-13-14-10(12)15/h3-6H,2H2,1H3,(H3,12,14,15)/b13-6-. The number of nitrogens with zero attached hydrogens (tertiary/aromatic N) is 1. The van der Waals surface area contributed by atoms with Crippen molar-refractivity contribution in [2.24, 2.45) is 10.8 Å². The number of halogens is 1. The molecule has 0 saturated heterocycles.